The van der Waals surface area contributed by atoms with Crippen LogP contribution in [0.3, 0.4) is 0 Å². The SMILES string of the molecule is COC(C)C(C)NCC1(CO)CCOCC1. The lowest BCUT2D eigenvalue weighted by Crippen LogP contribution is -2.47. The highest BCUT2D eigenvalue weighted by Gasteiger charge is 2.32. The summed E-state index contributed by atoms with van der Waals surface area (Å²) in [4.78, 5) is 0. The zero-order chi connectivity index (χ0) is 12.0. The summed E-state index contributed by atoms with van der Waals surface area (Å²) in [6, 6.07) is 0.302. The Bertz CT molecular complexity index is 193. The van der Waals surface area contributed by atoms with Crippen LogP contribution in [0.1, 0.15) is 26.7 Å². The third-order valence-corrected chi connectivity index (χ3v) is 3.76. The van der Waals surface area contributed by atoms with Gasteiger partial charge in [0.05, 0.1) is 12.7 Å². The fraction of sp³-hybridized carbons (Fsp3) is 1.00. The zero-order valence-electron chi connectivity index (χ0n) is 10.7. The van der Waals surface area contributed by atoms with E-state index in [2.05, 4.69) is 12.2 Å². The van der Waals surface area contributed by atoms with Gasteiger partial charge in [0, 0.05) is 38.3 Å². The van der Waals surface area contributed by atoms with Crippen LogP contribution < -0.4 is 5.32 Å². The summed E-state index contributed by atoms with van der Waals surface area (Å²) >= 11 is 0. The molecule has 96 valence electrons. The van der Waals surface area contributed by atoms with Gasteiger partial charge in [-0.05, 0) is 26.7 Å². The number of rotatable bonds is 6. The van der Waals surface area contributed by atoms with E-state index in [0.29, 0.717) is 6.04 Å². The van der Waals surface area contributed by atoms with Gasteiger partial charge in [0.2, 0.25) is 0 Å². The summed E-state index contributed by atoms with van der Waals surface area (Å²) in [5.74, 6) is 0. The van der Waals surface area contributed by atoms with Gasteiger partial charge in [0.1, 0.15) is 0 Å². The van der Waals surface area contributed by atoms with Crippen molar-refractivity contribution >= 4 is 0 Å². The Morgan fingerprint density at radius 3 is 2.50 bits per heavy atom. The van der Waals surface area contributed by atoms with Crippen molar-refractivity contribution in [3.63, 3.8) is 0 Å². The second-order valence-corrected chi connectivity index (χ2v) is 4.88. The minimum atomic E-state index is -0.0000283. The summed E-state index contributed by atoms with van der Waals surface area (Å²) in [6.07, 6.45) is 2.06. The number of nitrogens with one attached hydrogen (secondary N) is 1. The Morgan fingerprint density at radius 1 is 1.38 bits per heavy atom. The maximum Gasteiger partial charge on any atom is 0.0693 e. The van der Waals surface area contributed by atoms with Crippen molar-refractivity contribution in [2.75, 3.05) is 33.5 Å². The molecule has 0 aliphatic carbocycles. The Morgan fingerprint density at radius 2 is 2.00 bits per heavy atom. The number of aliphatic hydroxyl groups is 1. The normalized spacial score (nSPS) is 24.0. The van der Waals surface area contributed by atoms with E-state index in [-0.39, 0.29) is 18.1 Å². The number of hydrogen-bond acceptors (Lipinski definition) is 4. The summed E-state index contributed by atoms with van der Waals surface area (Å²) in [7, 11) is 1.72. The van der Waals surface area contributed by atoms with Gasteiger partial charge in [-0.1, -0.05) is 0 Å². The Kier molecular flexibility index (Phi) is 5.69. The van der Waals surface area contributed by atoms with Gasteiger partial charge < -0.3 is 19.9 Å². The molecule has 1 aliphatic rings. The summed E-state index contributed by atoms with van der Waals surface area (Å²) < 4.78 is 10.6. The second-order valence-electron chi connectivity index (χ2n) is 4.88. The Hall–Kier alpha value is -0.160. The molecule has 1 rings (SSSR count). The first-order chi connectivity index (χ1) is 7.63. The molecule has 4 nitrogen and oxygen atoms in total. The van der Waals surface area contributed by atoms with Gasteiger partial charge in [-0.2, -0.15) is 0 Å². The largest absolute Gasteiger partial charge is 0.396 e. The molecule has 0 radical (unpaired) electrons. The van der Waals surface area contributed by atoms with Crippen LogP contribution >= 0.6 is 0 Å². The molecule has 0 aromatic rings. The minimum Gasteiger partial charge on any atom is -0.396 e. The molecule has 2 atom stereocenters. The summed E-state index contributed by atoms with van der Waals surface area (Å²) in [5, 5.41) is 13.0. The van der Waals surface area contributed by atoms with E-state index in [4.69, 9.17) is 9.47 Å². The number of hydrogen-bond donors (Lipinski definition) is 2. The van der Waals surface area contributed by atoms with Crippen molar-refractivity contribution in [3.05, 3.63) is 0 Å². The molecule has 1 fully saturated rings. The number of methoxy groups -OCH3 is 1. The van der Waals surface area contributed by atoms with Gasteiger partial charge in [0.15, 0.2) is 0 Å². The van der Waals surface area contributed by atoms with Crippen molar-refractivity contribution in [2.24, 2.45) is 5.41 Å². The van der Waals surface area contributed by atoms with Gasteiger partial charge >= 0.3 is 0 Å². The van der Waals surface area contributed by atoms with Crippen LogP contribution in [0.5, 0.6) is 0 Å². The smallest absolute Gasteiger partial charge is 0.0693 e. The van der Waals surface area contributed by atoms with Gasteiger partial charge in [-0.15, -0.1) is 0 Å². The standard InChI is InChI=1S/C12H25NO3/c1-10(11(2)15-3)13-8-12(9-14)4-6-16-7-5-12/h10-11,13-14H,4-9H2,1-3H3. The van der Waals surface area contributed by atoms with Crippen LogP contribution in [0.15, 0.2) is 0 Å². The lowest BCUT2D eigenvalue weighted by Gasteiger charge is -2.37. The maximum atomic E-state index is 9.52. The van der Waals surface area contributed by atoms with E-state index in [1.165, 1.54) is 0 Å². The fourth-order valence-corrected chi connectivity index (χ4v) is 1.94. The molecule has 16 heavy (non-hydrogen) atoms. The average molecular weight is 231 g/mol. The van der Waals surface area contributed by atoms with Crippen molar-refractivity contribution < 1.29 is 14.6 Å². The molecule has 0 saturated carbocycles. The highest BCUT2D eigenvalue weighted by molar-refractivity contribution is 4.85. The van der Waals surface area contributed by atoms with Crippen LogP contribution in [0.2, 0.25) is 0 Å². The van der Waals surface area contributed by atoms with Crippen LogP contribution in [-0.4, -0.2) is 50.7 Å². The summed E-state index contributed by atoms with van der Waals surface area (Å²) in [5.41, 5.74) is -0.0000283. The van der Waals surface area contributed by atoms with Crippen molar-refractivity contribution in [1.29, 1.82) is 0 Å². The average Bonchev–Trinajstić information content (AvgIpc) is 2.36. The lowest BCUT2D eigenvalue weighted by molar-refractivity contribution is -0.0194. The zero-order valence-corrected chi connectivity index (χ0v) is 10.7. The van der Waals surface area contributed by atoms with Crippen LogP contribution in [0.4, 0.5) is 0 Å². The Labute approximate surface area is 98.3 Å². The minimum absolute atomic E-state index is 0.0000283. The van der Waals surface area contributed by atoms with E-state index in [1.807, 2.05) is 6.92 Å². The number of ether oxygens (including phenoxy) is 2. The molecule has 0 amide bonds. The summed E-state index contributed by atoms with van der Waals surface area (Å²) in [6.45, 7) is 6.75. The van der Waals surface area contributed by atoms with Crippen LogP contribution in [-0.2, 0) is 9.47 Å². The molecule has 0 spiro atoms. The van der Waals surface area contributed by atoms with Gasteiger partial charge in [-0.3, -0.25) is 0 Å². The molecular weight excluding hydrogens is 206 g/mol. The number of aliphatic hydroxyl groups excluding tert-OH is 1. The molecule has 1 aliphatic heterocycles. The maximum absolute atomic E-state index is 9.52. The monoisotopic (exact) mass is 231 g/mol. The van der Waals surface area contributed by atoms with E-state index in [1.54, 1.807) is 7.11 Å². The van der Waals surface area contributed by atoms with E-state index < -0.39 is 0 Å². The second kappa shape index (κ2) is 6.55. The first-order valence-electron chi connectivity index (χ1n) is 6.08. The first-order valence-corrected chi connectivity index (χ1v) is 6.08. The topological polar surface area (TPSA) is 50.7 Å². The van der Waals surface area contributed by atoms with Gasteiger partial charge in [0.25, 0.3) is 0 Å². The molecule has 0 aromatic carbocycles. The highest BCUT2D eigenvalue weighted by atomic mass is 16.5. The molecule has 0 bridgehead atoms. The predicted octanol–water partition coefficient (Wildman–Crippen LogP) is 0.788. The van der Waals surface area contributed by atoms with E-state index in [0.717, 1.165) is 32.6 Å². The molecule has 2 unspecified atom stereocenters. The molecule has 0 aromatic heterocycles. The van der Waals surface area contributed by atoms with Crippen LogP contribution in [0, 0.1) is 5.41 Å². The van der Waals surface area contributed by atoms with Crippen molar-refractivity contribution in [1.82, 2.24) is 5.32 Å². The van der Waals surface area contributed by atoms with E-state index >= 15 is 0 Å². The quantitative estimate of drug-likeness (QED) is 0.709. The third-order valence-electron chi connectivity index (χ3n) is 3.76. The molecule has 4 heteroatoms. The molecule has 2 N–H and O–H groups in total. The van der Waals surface area contributed by atoms with Crippen molar-refractivity contribution in [2.45, 2.75) is 38.8 Å². The first kappa shape index (κ1) is 13.9. The van der Waals surface area contributed by atoms with Crippen LogP contribution in [0.25, 0.3) is 0 Å². The lowest BCUT2D eigenvalue weighted by atomic mass is 9.81. The van der Waals surface area contributed by atoms with E-state index in [9.17, 15) is 5.11 Å². The molecule has 1 heterocycles. The van der Waals surface area contributed by atoms with Crippen molar-refractivity contribution in [3.8, 4) is 0 Å². The fourth-order valence-electron chi connectivity index (χ4n) is 1.94. The van der Waals surface area contributed by atoms with Gasteiger partial charge in [-0.25, -0.2) is 0 Å². The third kappa shape index (κ3) is 3.70. The Balaban J connectivity index is 2.38. The molecular formula is C12H25NO3. The molecule has 1 saturated heterocycles. The highest BCUT2D eigenvalue weighted by Crippen LogP contribution is 2.29. The predicted molar refractivity (Wildman–Crippen MR) is 63.5 cm³/mol.